The Labute approximate surface area is 115 Å². The Kier molecular flexibility index (Phi) is 4.77. The second-order valence-corrected chi connectivity index (χ2v) is 6.14. The maximum atomic E-state index is 5.87. The topological polar surface area (TPSA) is 26.0 Å². The van der Waals surface area contributed by atoms with Gasteiger partial charge in [-0.3, -0.25) is 0 Å². The summed E-state index contributed by atoms with van der Waals surface area (Å²) < 4.78 is 1.17. The van der Waals surface area contributed by atoms with Crippen LogP contribution in [0.5, 0.6) is 0 Å². The first-order valence-electron chi connectivity index (χ1n) is 5.75. The van der Waals surface area contributed by atoms with Crippen molar-refractivity contribution in [1.29, 1.82) is 0 Å². The summed E-state index contributed by atoms with van der Waals surface area (Å²) in [7, 11) is 0. The fraction of sp³-hybridized carbons (Fsp3) is 0.286. The van der Waals surface area contributed by atoms with Gasteiger partial charge in [0.25, 0.3) is 0 Å². The van der Waals surface area contributed by atoms with Crippen LogP contribution in [0.4, 0.5) is 0 Å². The van der Waals surface area contributed by atoms with Crippen LogP contribution in [-0.2, 0) is 12.8 Å². The number of nitrogens with two attached hydrogens (primary N) is 1. The van der Waals surface area contributed by atoms with Crippen LogP contribution in [0.15, 0.2) is 46.3 Å². The van der Waals surface area contributed by atoms with E-state index >= 15 is 0 Å². The predicted molar refractivity (Wildman–Crippen MR) is 78.4 cm³/mol. The molecule has 0 aliphatic carbocycles. The minimum Gasteiger partial charge on any atom is -0.330 e. The zero-order valence-corrected chi connectivity index (χ0v) is 12.0. The predicted octanol–water partition coefficient (Wildman–Crippen LogP) is 3.87. The van der Waals surface area contributed by atoms with E-state index in [1.54, 1.807) is 11.3 Å². The Balaban J connectivity index is 1.98. The van der Waals surface area contributed by atoms with E-state index in [9.17, 15) is 0 Å². The van der Waals surface area contributed by atoms with E-state index in [1.165, 1.54) is 14.9 Å². The number of thiophene rings is 1. The molecule has 3 heteroatoms. The molecule has 0 fully saturated rings. The smallest absolute Gasteiger partial charge is 0.0285 e. The summed E-state index contributed by atoms with van der Waals surface area (Å²) in [4.78, 5) is 1.41. The van der Waals surface area contributed by atoms with Gasteiger partial charge in [-0.05, 0) is 52.9 Å². The van der Waals surface area contributed by atoms with Crippen molar-refractivity contribution in [1.82, 2.24) is 0 Å². The number of halogens is 1. The van der Waals surface area contributed by atoms with Crippen LogP contribution in [0.25, 0.3) is 0 Å². The molecule has 2 N–H and O–H groups in total. The second-order valence-electron chi connectivity index (χ2n) is 4.23. The fourth-order valence-electron chi connectivity index (χ4n) is 1.93. The van der Waals surface area contributed by atoms with Crippen LogP contribution >= 0.6 is 27.3 Å². The molecule has 0 radical (unpaired) electrons. The van der Waals surface area contributed by atoms with E-state index in [2.05, 4.69) is 57.7 Å². The molecule has 2 aromatic rings. The van der Waals surface area contributed by atoms with Crippen molar-refractivity contribution >= 4 is 27.3 Å². The average Bonchev–Trinajstić information content (AvgIpc) is 2.75. The zero-order valence-electron chi connectivity index (χ0n) is 9.60. The van der Waals surface area contributed by atoms with Crippen molar-refractivity contribution in [3.63, 3.8) is 0 Å². The van der Waals surface area contributed by atoms with Gasteiger partial charge in [-0.2, -0.15) is 0 Å². The molecule has 1 aromatic carbocycles. The molecule has 1 unspecified atom stereocenters. The molecular formula is C14H16BrNS. The van der Waals surface area contributed by atoms with Crippen molar-refractivity contribution in [2.24, 2.45) is 11.7 Å². The number of hydrogen-bond donors (Lipinski definition) is 1. The van der Waals surface area contributed by atoms with Gasteiger partial charge in [0.2, 0.25) is 0 Å². The number of benzene rings is 1. The first-order chi connectivity index (χ1) is 8.28. The van der Waals surface area contributed by atoms with E-state index in [0.717, 1.165) is 19.4 Å². The molecule has 1 heterocycles. The molecule has 90 valence electrons. The molecule has 0 saturated heterocycles. The van der Waals surface area contributed by atoms with Crippen molar-refractivity contribution in [2.45, 2.75) is 12.8 Å². The minimum atomic E-state index is 0.531. The van der Waals surface area contributed by atoms with Crippen LogP contribution in [0.2, 0.25) is 0 Å². The molecule has 0 aliphatic rings. The van der Waals surface area contributed by atoms with Crippen molar-refractivity contribution in [3.05, 3.63) is 56.7 Å². The molecular weight excluding hydrogens is 294 g/mol. The lowest BCUT2D eigenvalue weighted by molar-refractivity contribution is 0.537. The van der Waals surface area contributed by atoms with Gasteiger partial charge in [0, 0.05) is 14.7 Å². The summed E-state index contributed by atoms with van der Waals surface area (Å²) >= 11 is 5.29. The van der Waals surface area contributed by atoms with E-state index in [-0.39, 0.29) is 0 Å². The van der Waals surface area contributed by atoms with Crippen LogP contribution < -0.4 is 5.73 Å². The number of hydrogen-bond acceptors (Lipinski definition) is 2. The Morgan fingerprint density at radius 2 is 1.94 bits per heavy atom. The van der Waals surface area contributed by atoms with Gasteiger partial charge in [0.05, 0.1) is 0 Å². The van der Waals surface area contributed by atoms with Gasteiger partial charge in [0.15, 0.2) is 0 Å². The molecule has 1 aromatic heterocycles. The van der Waals surface area contributed by atoms with E-state index in [4.69, 9.17) is 5.73 Å². The van der Waals surface area contributed by atoms with Gasteiger partial charge in [0.1, 0.15) is 0 Å². The highest BCUT2D eigenvalue weighted by molar-refractivity contribution is 9.10. The first kappa shape index (κ1) is 12.8. The van der Waals surface area contributed by atoms with Crippen LogP contribution in [-0.4, -0.2) is 6.54 Å². The number of rotatable bonds is 5. The molecule has 0 saturated carbocycles. The van der Waals surface area contributed by atoms with Crippen molar-refractivity contribution in [3.8, 4) is 0 Å². The highest BCUT2D eigenvalue weighted by Crippen LogP contribution is 2.23. The van der Waals surface area contributed by atoms with Crippen LogP contribution in [0, 0.1) is 5.92 Å². The molecule has 0 spiro atoms. The van der Waals surface area contributed by atoms with Crippen molar-refractivity contribution < 1.29 is 0 Å². The SMILES string of the molecule is NCC(Cc1ccccc1)Cc1cc(Br)cs1. The highest BCUT2D eigenvalue weighted by Gasteiger charge is 2.10. The van der Waals surface area contributed by atoms with Crippen LogP contribution in [0.1, 0.15) is 10.4 Å². The lowest BCUT2D eigenvalue weighted by Crippen LogP contribution is -2.18. The van der Waals surface area contributed by atoms with Gasteiger partial charge < -0.3 is 5.73 Å². The third-order valence-electron chi connectivity index (χ3n) is 2.81. The highest BCUT2D eigenvalue weighted by atomic mass is 79.9. The minimum absolute atomic E-state index is 0.531. The van der Waals surface area contributed by atoms with Gasteiger partial charge in [-0.1, -0.05) is 30.3 Å². The Morgan fingerprint density at radius 3 is 2.53 bits per heavy atom. The van der Waals surface area contributed by atoms with Crippen LogP contribution in [0.3, 0.4) is 0 Å². The normalized spacial score (nSPS) is 12.6. The third kappa shape index (κ3) is 3.95. The van der Waals surface area contributed by atoms with Gasteiger partial charge >= 0.3 is 0 Å². The molecule has 2 rings (SSSR count). The monoisotopic (exact) mass is 309 g/mol. The third-order valence-corrected chi connectivity index (χ3v) is 4.53. The molecule has 1 atom stereocenters. The quantitative estimate of drug-likeness (QED) is 0.891. The summed E-state index contributed by atoms with van der Waals surface area (Å²) in [6.45, 7) is 0.740. The Bertz CT molecular complexity index is 452. The Hall–Kier alpha value is -0.640. The summed E-state index contributed by atoms with van der Waals surface area (Å²) in [5, 5.41) is 2.13. The summed E-state index contributed by atoms with van der Waals surface area (Å²) in [5.74, 6) is 0.531. The lowest BCUT2D eigenvalue weighted by Gasteiger charge is -2.13. The Morgan fingerprint density at radius 1 is 1.18 bits per heavy atom. The summed E-state index contributed by atoms with van der Waals surface area (Å²) in [6, 6.07) is 12.8. The largest absolute Gasteiger partial charge is 0.330 e. The van der Waals surface area contributed by atoms with Gasteiger partial charge in [-0.15, -0.1) is 11.3 Å². The zero-order chi connectivity index (χ0) is 12.1. The summed E-state index contributed by atoms with van der Waals surface area (Å²) in [6.07, 6.45) is 2.13. The average molecular weight is 310 g/mol. The molecule has 0 bridgehead atoms. The first-order valence-corrected chi connectivity index (χ1v) is 7.42. The fourth-order valence-corrected chi connectivity index (χ4v) is 3.50. The van der Waals surface area contributed by atoms with Gasteiger partial charge in [-0.25, -0.2) is 0 Å². The molecule has 0 aliphatic heterocycles. The molecule has 0 amide bonds. The summed E-state index contributed by atoms with van der Waals surface area (Å²) in [5.41, 5.74) is 7.24. The van der Waals surface area contributed by atoms with E-state index in [0.29, 0.717) is 5.92 Å². The lowest BCUT2D eigenvalue weighted by atomic mass is 9.96. The molecule has 1 nitrogen and oxygen atoms in total. The maximum absolute atomic E-state index is 5.87. The second kappa shape index (κ2) is 6.34. The van der Waals surface area contributed by atoms with E-state index < -0.39 is 0 Å². The molecule has 17 heavy (non-hydrogen) atoms. The van der Waals surface area contributed by atoms with E-state index in [1.807, 2.05) is 0 Å². The standard InChI is InChI=1S/C14H16BrNS/c15-13-8-14(17-10-13)7-12(9-16)6-11-4-2-1-3-5-11/h1-5,8,10,12H,6-7,9,16H2. The van der Waals surface area contributed by atoms with Crippen molar-refractivity contribution in [2.75, 3.05) is 6.54 Å². The maximum Gasteiger partial charge on any atom is 0.0285 e.